The molecule has 0 saturated heterocycles. The fourth-order valence-electron chi connectivity index (χ4n) is 2.11. The highest BCUT2D eigenvalue weighted by Crippen LogP contribution is 2.33. The number of hydrogen-bond acceptors (Lipinski definition) is 5. The van der Waals surface area contributed by atoms with Gasteiger partial charge in [0.25, 0.3) is 0 Å². The van der Waals surface area contributed by atoms with Gasteiger partial charge in [-0.05, 0) is 30.2 Å². The van der Waals surface area contributed by atoms with Crippen LogP contribution in [0.3, 0.4) is 0 Å². The third-order valence-electron chi connectivity index (χ3n) is 3.02. The van der Waals surface area contributed by atoms with E-state index in [-0.39, 0.29) is 11.5 Å². The first-order chi connectivity index (χ1) is 9.41. The molecule has 0 fully saturated rings. The van der Waals surface area contributed by atoms with E-state index in [1.54, 1.807) is 11.3 Å². The molecule has 0 bridgehead atoms. The average molecular weight is 330 g/mol. The Morgan fingerprint density at radius 1 is 1.35 bits per heavy atom. The molecule has 1 N–H and O–H groups in total. The molecular weight excluding hydrogens is 310 g/mol. The number of nitrogens with zero attached hydrogens (tertiary/aromatic N) is 2. The van der Waals surface area contributed by atoms with Gasteiger partial charge in [-0.1, -0.05) is 43.8 Å². The number of halogens is 1. The van der Waals surface area contributed by atoms with Gasteiger partial charge in [-0.3, -0.25) is 0 Å². The lowest BCUT2D eigenvalue weighted by molar-refractivity contribution is 0.516. The van der Waals surface area contributed by atoms with Crippen molar-refractivity contribution in [3.8, 4) is 0 Å². The molecule has 0 aliphatic carbocycles. The zero-order valence-electron chi connectivity index (χ0n) is 12.2. The van der Waals surface area contributed by atoms with Crippen molar-refractivity contribution in [2.24, 2.45) is 0 Å². The zero-order chi connectivity index (χ0) is 14.8. The summed E-state index contributed by atoms with van der Waals surface area (Å²) in [6.45, 7) is 9.58. The monoisotopic (exact) mass is 329 g/mol. The van der Waals surface area contributed by atoms with E-state index in [0.29, 0.717) is 0 Å². The summed E-state index contributed by atoms with van der Waals surface area (Å²) in [6, 6.07) is 4.31. The van der Waals surface area contributed by atoms with Crippen LogP contribution in [0.4, 0.5) is 0 Å². The molecule has 2 heterocycles. The second-order valence-corrected chi connectivity index (χ2v) is 8.34. The molecule has 1 atom stereocenters. The molecule has 1 unspecified atom stereocenters. The lowest BCUT2D eigenvalue weighted by atomic mass is 9.89. The maximum absolute atomic E-state index is 6.03. The van der Waals surface area contributed by atoms with Crippen molar-refractivity contribution in [3.05, 3.63) is 31.9 Å². The Morgan fingerprint density at radius 2 is 2.10 bits per heavy atom. The molecule has 110 valence electrons. The van der Waals surface area contributed by atoms with Gasteiger partial charge in [0.1, 0.15) is 0 Å². The summed E-state index contributed by atoms with van der Waals surface area (Å²) in [4.78, 5) is 2.53. The highest BCUT2D eigenvalue weighted by molar-refractivity contribution is 7.16. The molecule has 0 spiro atoms. The summed E-state index contributed by atoms with van der Waals surface area (Å²) in [5.41, 5.74) is 1.11. The fourth-order valence-corrected chi connectivity index (χ4v) is 4.18. The van der Waals surface area contributed by atoms with Crippen LogP contribution in [-0.2, 0) is 11.8 Å². The largest absolute Gasteiger partial charge is 0.309 e. The van der Waals surface area contributed by atoms with Crippen LogP contribution >= 0.6 is 34.5 Å². The molecule has 2 aromatic rings. The van der Waals surface area contributed by atoms with Gasteiger partial charge >= 0.3 is 0 Å². The van der Waals surface area contributed by atoms with Crippen LogP contribution in [-0.4, -0.2) is 16.1 Å². The first-order valence-electron chi connectivity index (χ1n) is 6.72. The Bertz CT molecular complexity index is 557. The molecule has 0 radical (unpaired) electrons. The predicted molar refractivity (Wildman–Crippen MR) is 88.1 cm³/mol. The second kappa shape index (κ2) is 6.52. The average Bonchev–Trinajstić information content (AvgIpc) is 2.96. The van der Waals surface area contributed by atoms with Crippen molar-refractivity contribution >= 4 is 34.5 Å². The van der Waals surface area contributed by atoms with E-state index in [1.165, 1.54) is 21.3 Å². The quantitative estimate of drug-likeness (QED) is 0.881. The van der Waals surface area contributed by atoms with E-state index in [1.807, 2.05) is 6.07 Å². The number of likely N-dealkylation sites (N-methyl/N-ethyl adjacent to an activating group) is 1. The van der Waals surface area contributed by atoms with Gasteiger partial charge < -0.3 is 5.32 Å². The molecule has 3 nitrogen and oxygen atoms in total. The minimum absolute atomic E-state index is 0.0170. The van der Waals surface area contributed by atoms with E-state index < -0.39 is 0 Å². The van der Waals surface area contributed by atoms with Gasteiger partial charge in [-0.2, -0.15) is 0 Å². The van der Waals surface area contributed by atoms with Crippen LogP contribution in [0.15, 0.2) is 12.1 Å². The maximum atomic E-state index is 6.03. The molecule has 0 amide bonds. The third kappa shape index (κ3) is 3.79. The number of rotatable bonds is 5. The van der Waals surface area contributed by atoms with Crippen LogP contribution < -0.4 is 5.32 Å². The summed E-state index contributed by atoms with van der Waals surface area (Å²) in [5, 5.41) is 7.89. The van der Waals surface area contributed by atoms with Crippen LogP contribution in [0.5, 0.6) is 0 Å². The van der Waals surface area contributed by atoms with Gasteiger partial charge in [0, 0.05) is 22.8 Å². The Hall–Kier alpha value is -0.490. The fraction of sp³-hybridized carbons (Fsp3) is 0.571. The zero-order valence-corrected chi connectivity index (χ0v) is 14.6. The van der Waals surface area contributed by atoms with E-state index in [0.717, 1.165) is 23.0 Å². The first kappa shape index (κ1) is 15.9. The minimum Gasteiger partial charge on any atom is -0.309 e. The molecule has 0 saturated carbocycles. The summed E-state index contributed by atoms with van der Waals surface area (Å²) in [6.07, 6.45) is 0.929. The first-order valence-corrected chi connectivity index (χ1v) is 8.69. The predicted octanol–water partition coefficient (Wildman–Crippen LogP) is 4.44. The van der Waals surface area contributed by atoms with E-state index in [4.69, 9.17) is 11.6 Å². The van der Waals surface area contributed by atoms with Crippen molar-refractivity contribution in [1.82, 2.24) is 14.9 Å². The summed E-state index contributed by atoms with van der Waals surface area (Å²) in [7, 11) is 0. The van der Waals surface area contributed by atoms with Crippen LogP contribution in [0.2, 0.25) is 4.34 Å². The van der Waals surface area contributed by atoms with Crippen LogP contribution in [0.1, 0.15) is 49.2 Å². The van der Waals surface area contributed by atoms with Gasteiger partial charge in [-0.25, -0.2) is 0 Å². The number of aromatic nitrogens is 2. The van der Waals surface area contributed by atoms with Crippen molar-refractivity contribution in [2.45, 2.75) is 45.6 Å². The SMILES string of the molecule is CCNC(Cc1ccc(Cl)s1)c1snnc1C(C)(C)C. The lowest BCUT2D eigenvalue weighted by Crippen LogP contribution is -2.25. The third-order valence-corrected chi connectivity index (χ3v) is 5.12. The highest BCUT2D eigenvalue weighted by Gasteiger charge is 2.27. The Labute approximate surface area is 133 Å². The normalized spacial score (nSPS) is 13.7. The highest BCUT2D eigenvalue weighted by atomic mass is 35.5. The number of thiophene rings is 1. The van der Waals surface area contributed by atoms with Gasteiger partial charge in [0.05, 0.1) is 14.9 Å². The van der Waals surface area contributed by atoms with E-state index in [9.17, 15) is 0 Å². The molecule has 0 aromatic carbocycles. The summed E-state index contributed by atoms with van der Waals surface area (Å²) in [5.74, 6) is 0. The Kier molecular flexibility index (Phi) is 5.18. The molecule has 2 rings (SSSR count). The Morgan fingerprint density at radius 3 is 2.65 bits per heavy atom. The molecule has 2 aromatic heterocycles. The lowest BCUT2D eigenvalue weighted by Gasteiger charge is -2.22. The number of hydrogen-bond donors (Lipinski definition) is 1. The number of nitrogens with one attached hydrogen (secondary N) is 1. The molecule has 0 aliphatic heterocycles. The van der Waals surface area contributed by atoms with Crippen molar-refractivity contribution in [1.29, 1.82) is 0 Å². The van der Waals surface area contributed by atoms with Crippen molar-refractivity contribution in [2.75, 3.05) is 6.54 Å². The second-order valence-electron chi connectivity index (χ2n) is 5.76. The standard InChI is InChI=1S/C14H20ClN3S2/c1-5-16-10(8-9-6-7-11(15)19-9)12-13(14(2,3)4)17-18-20-12/h6-7,10,16H,5,8H2,1-4H3. The summed E-state index contributed by atoms with van der Waals surface area (Å²) < 4.78 is 5.01. The van der Waals surface area contributed by atoms with Crippen LogP contribution in [0.25, 0.3) is 0 Å². The maximum Gasteiger partial charge on any atom is 0.0931 e. The topological polar surface area (TPSA) is 37.8 Å². The van der Waals surface area contributed by atoms with Gasteiger partial charge in [0.15, 0.2) is 0 Å². The molecule has 0 aliphatic rings. The summed E-state index contributed by atoms with van der Waals surface area (Å²) >= 11 is 9.17. The smallest absolute Gasteiger partial charge is 0.0931 e. The molecule has 6 heteroatoms. The van der Waals surface area contributed by atoms with Crippen LogP contribution in [0, 0.1) is 0 Å². The van der Waals surface area contributed by atoms with Gasteiger partial charge in [-0.15, -0.1) is 16.4 Å². The Balaban J connectivity index is 2.27. The van der Waals surface area contributed by atoms with E-state index in [2.05, 4.69) is 48.7 Å². The van der Waals surface area contributed by atoms with E-state index >= 15 is 0 Å². The van der Waals surface area contributed by atoms with Crippen molar-refractivity contribution in [3.63, 3.8) is 0 Å². The minimum atomic E-state index is 0.0170. The molecular formula is C14H20ClN3S2. The van der Waals surface area contributed by atoms with Crippen molar-refractivity contribution < 1.29 is 0 Å². The van der Waals surface area contributed by atoms with Gasteiger partial charge in [0.2, 0.25) is 0 Å². The molecule has 20 heavy (non-hydrogen) atoms.